The second-order valence-corrected chi connectivity index (χ2v) is 8.57. The van der Waals surface area contributed by atoms with Crippen LogP contribution in [-0.2, 0) is 16.6 Å². The highest BCUT2D eigenvalue weighted by molar-refractivity contribution is 7.92. The van der Waals surface area contributed by atoms with Crippen molar-refractivity contribution in [2.24, 2.45) is 0 Å². The first-order chi connectivity index (χ1) is 14.4. The summed E-state index contributed by atoms with van der Waals surface area (Å²) >= 11 is 0. The molecule has 7 nitrogen and oxygen atoms in total. The Morgan fingerprint density at radius 2 is 1.77 bits per heavy atom. The normalized spacial score (nSPS) is 11.4. The summed E-state index contributed by atoms with van der Waals surface area (Å²) in [6.07, 6.45) is 0. The number of aromatic nitrogens is 2. The summed E-state index contributed by atoms with van der Waals surface area (Å²) in [4.78, 5) is 20.1. The van der Waals surface area contributed by atoms with Crippen LogP contribution < -0.4 is 10.0 Å². The summed E-state index contributed by atoms with van der Waals surface area (Å²) in [7, 11) is -3.82. The average Bonchev–Trinajstić information content (AvgIpc) is 3.17. The lowest BCUT2D eigenvalue weighted by Crippen LogP contribution is -2.24. The summed E-state index contributed by atoms with van der Waals surface area (Å²) in [5.41, 5.74) is 3.44. The molecule has 0 atom stereocenters. The molecule has 0 unspecified atom stereocenters. The van der Waals surface area contributed by atoms with E-state index in [0.29, 0.717) is 11.5 Å². The molecule has 0 saturated carbocycles. The lowest BCUT2D eigenvalue weighted by molar-refractivity contribution is 0.0949. The SMILES string of the molecule is Cc1ccc(NS(=O)(=O)c2cccc(C(=O)NCc3nc4ccccc4[nH]3)c2)cc1. The molecule has 0 bridgehead atoms. The van der Waals surface area contributed by atoms with Crippen LogP contribution in [0.3, 0.4) is 0 Å². The van der Waals surface area contributed by atoms with E-state index < -0.39 is 10.0 Å². The number of H-pyrrole nitrogens is 1. The van der Waals surface area contributed by atoms with Crippen LogP contribution in [0, 0.1) is 6.92 Å². The molecule has 1 amide bonds. The number of amides is 1. The largest absolute Gasteiger partial charge is 0.345 e. The standard InChI is InChI=1S/C22H20N4O3S/c1-15-9-11-17(12-10-15)26-30(28,29)18-6-4-5-16(13-18)22(27)23-14-21-24-19-7-2-3-8-20(19)25-21/h2-13,26H,14H2,1H3,(H,23,27)(H,24,25). The van der Waals surface area contributed by atoms with Gasteiger partial charge in [0.1, 0.15) is 5.82 Å². The Labute approximate surface area is 174 Å². The number of hydrogen-bond donors (Lipinski definition) is 3. The molecule has 0 saturated heterocycles. The number of imidazole rings is 1. The smallest absolute Gasteiger partial charge is 0.261 e. The number of hydrogen-bond acceptors (Lipinski definition) is 4. The molecule has 0 aliphatic heterocycles. The minimum atomic E-state index is -3.82. The predicted molar refractivity (Wildman–Crippen MR) is 116 cm³/mol. The molecular formula is C22H20N4O3S. The Hall–Kier alpha value is -3.65. The van der Waals surface area contributed by atoms with Gasteiger partial charge in [0.2, 0.25) is 0 Å². The van der Waals surface area contributed by atoms with Crippen molar-refractivity contribution in [3.05, 3.63) is 89.7 Å². The van der Waals surface area contributed by atoms with E-state index in [9.17, 15) is 13.2 Å². The van der Waals surface area contributed by atoms with Crippen molar-refractivity contribution in [1.82, 2.24) is 15.3 Å². The van der Waals surface area contributed by atoms with Crippen LogP contribution in [0.5, 0.6) is 0 Å². The van der Waals surface area contributed by atoms with Crippen LogP contribution in [0.4, 0.5) is 5.69 Å². The zero-order chi connectivity index (χ0) is 21.1. The van der Waals surface area contributed by atoms with E-state index >= 15 is 0 Å². The van der Waals surface area contributed by atoms with Crippen molar-refractivity contribution in [2.45, 2.75) is 18.4 Å². The van der Waals surface area contributed by atoms with Crippen LogP contribution >= 0.6 is 0 Å². The van der Waals surface area contributed by atoms with Gasteiger partial charge in [0.15, 0.2) is 0 Å². The molecule has 0 radical (unpaired) electrons. The van der Waals surface area contributed by atoms with Gasteiger partial charge < -0.3 is 10.3 Å². The summed E-state index contributed by atoms with van der Waals surface area (Å²) in [5, 5.41) is 2.76. The first kappa shape index (κ1) is 19.7. The molecule has 3 N–H and O–H groups in total. The van der Waals surface area contributed by atoms with E-state index in [4.69, 9.17) is 0 Å². The van der Waals surface area contributed by atoms with Crippen LogP contribution in [0.2, 0.25) is 0 Å². The third-order valence-electron chi connectivity index (χ3n) is 4.57. The number of sulfonamides is 1. The van der Waals surface area contributed by atoms with Crippen molar-refractivity contribution in [1.29, 1.82) is 0 Å². The van der Waals surface area contributed by atoms with Crippen LogP contribution in [0.15, 0.2) is 77.7 Å². The molecule has 8 heteroatoms. The molecule has 0 fully saturated rings. The lowest BCUT2D eigenvalue weighted by Gasteiger charge is -2.10. The monoisotopic (exact) mass is 420 g/mol. The summed E-state index contributed by atoms with van der Waals surface area (Å²) < 4.78 is 27.9. The molecule has 152 valence electrons. The number of anilines is 1. The quantitative estimate of drug-likeness (QED) is 0.443. The molecular weight excluding hydrogens is 400 g/mol. The highest BCUT2D eigenvalue weighted by atomic mass is 32.2. The number of nitrogens with zero attached hydrogens (tertiary/aromatic N) is 1. The Morgan fingerprint density at radius 1 is 1.00 bits per heavy atom. The third kappa shape index (κ3) is 4.33. The number of carbonyl (C=O) groups is 1. The zero-order valence-electron chi connectivity index (χ0n) is 16.2. The van der Waals surface area contributed by atoms with E-state index in [2.05, 4.69) is 20.0 Å². The van der Waals surface area contributed by atoms with Crippen molar-refractivity contribution in [2.75, 3.05) is 4.72 Å². The Kier molecular flexibility index (Phi) is 5.24. The molecule has 1 aromatic heterocycles. The Balaban J connectivity index is 1.47. The average molecular weight is 420 g/mol. The van der Waals surface area contributed by atoms with Crippen molar-refractivity contribution < 1.29 is 13.2 Å². The van der Waals surface area contributed by atoms with E-state index in [-0.39, 0.29) is 22.9 Å². The minimum absolute atomic E-state index is 0.0134. The van der Waals surface area contributed by atoms with Gasteiger partial charge in [-0.2, -0.15) is 0 Å². The number of para-hydroxylation sites is 2. The van der Waals surface area contributed by atoms with Gasteiger partial charge in [-0.05, 0) is 49.4 Å². The van der Waals surface area contributed by atoms with Gasteiger partial charge in [0.25, 0.3) is 15.9 Å². The van der Waals surface area contributed by atoms with Crippen LogP contribution in [0.1, 0.15) is 21.7 Å². The van der Waals surface area contributed by atoms with Gasteiger partial charge in [-0.15, -0.1) is 0 Å². The number of nitrogens with one attached hydrogen (secondary N) is 3. The number of aromatic amines is 1. The maximum absolute atomic E-state index is 12.7. The van der Waals surface area contributed by atoms with Gasteiger partial charge >= 0.3 is 0 Å². The third-order valence-corrected chi connectivity index (χ3v) is 5.94. The topological polar surface area (TPSA) is 104 Å². The summed E-state index contributed by atoms with van der Waals surface area (Å²) in [6, 6.07) is 20.5. The maximum atomic E-state index is 12.7. The van der Waals surface area contributed by atoms with Gasteiger partial charge in [-0.1, -0.05) is 35.9 Å². The molecule has 30 heavy (non-hydrogen) atoms. The Morgan fingerprint density at radius 3 is 2.53 bits per heavy atom. The van der Waals surface area contributed by atoms with Gasteiger partial charge in [0, 0.05) is 11.3 Å². The second kappa shape index (κ2) is 8.00. The van der Waals surface area contributed by atoms with Gasteiger partial charge in [-0.3, -0.25) is 9.52 Å². The number of carbonyl (C=O) groups excluding carboxylic acids is 1. The number of fused-ring (bicyclic) bond motifs is 1. The number of rotatable bonds is 6. The van der Waals surface area contributed by atoms with Crippen molar-refractivity contribution in [3.8, 4) is 0 Å². The lowest BCUT2D eigenvalue weighted by atomic mass is 10.2. The maximum Gasteiger partial charge on any atom is 0.261 e. The van der Waals surface area contributed by atoms with Crippen LogP contribution in [-0.4, -0.2) is 24.3 Å². The molecule has 4 rings (SSSR count). The fraction of sp³-hybridized carbons (Fsp3) is 0.0909. The van der Waals surface area contributed by atoms with Gasteiger partial charge in [0.05, 0.1) is 22.5 Å². The minimum Gasteiger partial charge on any atom is -0.345 e. The highest BCUT2D eigenvalue weighted by Gasteiger charge is 2.17. The molecule has 1 heterocycles. The first-order valence-corrected chi connectivity index (χ1v) is 10.8. The van der Waals surface area contributed by atoms with E-state index in [1.807, 2.05) is 43.3 Å². The number of benzene rings is 3. The van der Waals surface area contributed by atoms with Gasteiger partial charge in [-0.25, -0.2) is 13.4 Å². The van der Waals surface area contributed by atoms with E-state index in [1.165, 1.54) is 12.1 Å². The van der Waals surface area contributed by atoms with Crippen LogP contribution in [0.25, 0.3) is 11.0 Å². The summed E-state index contributed by atoms with van der Waals surface area (Å²) in [5.74, 6) is 0.234. The first-order valence-electron chi connectivity index (χ1n) is 9.32. The molecule has 4 aromatic rings. The highest BCUT2D eigenvalue weighted by Crippen LogP contribution is 2.18. The number of aryl methyl sites for hydroxylation is 1. The van der Waals surface area contributed by atoms with E-state index in [0.717, 1.165) is 16.6 Å². The fourth-order valence-corrected chi connectivity index (χ4v) is 4.10. The molecule has 0 spiro atoms. The second-order valence-electron chi connectivity index (χ2n) is 6.88. The molecule has 0 aliphatic rings. The van der Waals surface area contributed by atoms with E-state index in [1.54, 1.807) is 24.3 Å². The predicted octanol–water partition coefficient (Wildman–Crippen LogP) is 3.60. The molecule has 3 aromatic carbocycles. The summed E-state index contributed by atoms with van der Waals surface area (Å²) in [6.45, 7) is 2.12. The zero-order valence-corrected chi connectivity index (χ0v) is 17.0. The molecule has 0 aliphatic carbocycles. The van der Waals surface area contributed by atoms with Crippen molar-refractivity contribution >= 4 is 32.7 Å². The fourth-order valence-electron chi connectivity index (χ4n) is 3.00. The van der Waals surface area contributed by atoms with Crippen molar-refractivity contribution in [3.63, 3.8) is 0 Å². The Bertz CT molecular complexity index is 1280.